The molecule has 1 unspecified atom stereocenters. The summed E-state index contributed by atoms with van der Waals surface area (Å²) >= 11 is 0. The average molecular weight is 256 g/mol. The molecule has 2 N–H and O–H groups in total. The topological polar surface area (TPSA) is 69.6 Å². The predicted octanol–water partition coefficient (Wildman–Crippen LogP) is 0.376. The van der Waals surface area contributed by atoms with Crippen molar-refractivity contribution in [2.75, 3.05) is 13.2 Å². The zero-order valence-corrected chi connectivity index (χ0v) is 11.6. The van der Waals surface area contributed by atoms with Crippen LogP contribution in [0.5, 0.6) is 0 Å². The van der Waals surface area contributed by atoms with Crippen molar-refractivity contribution in [3.63, 3.8) is 0 Å². The van der Waals surface area contributed by atoms with E-state index in [9.17, 15) is 14.7 Å². The summed E-state index contributed by atoms with van der Waals surface area (Å²) in [7, 11) is 0. The van der Waals surface area contributed by atoms with E-state index < -0.39 is 0 Å². The fraction of sp³-hybridized carbons (Fsp3) is 0.846. The lowest BCUT2D eigenvalue weighted by atomic mass is 10.0. The van der Waals surface area contributed by atoms with E-state index in [-0.39, 0.29) is 48.8 Å². The Balaban J connectivity index is 2.56. The molecule has 0 saturated carbocycles. The van der Waals surface area contributed by atoms with Crippen LogP contribution in [0.3, 0.4) is 0 Å². The lowest BCUT2D eigenvalue weighted by Crippen LogP contribution is -2.44. The second-order valence-corrected chi connectivity index (χ2v) is 5.58. The third-order valence-electron chi connectivity index (χ3n) is 3.48. The summed E-state index contributed by atoms with van der Waals surface area (Å²) in [5.41, 5.74) is 0. The minimum absolute atomic E-state index is 0.0373. The highest BCUT2D eigenvalue weighted by Crippen LogP contribution is 2.20. The third kappa shape index (κ3) is 3.45. The Morgan fingerprint density at radius 3 is 2.44 bits per heavy atom. The van der Waals surface area contributed by atoms with E-state index in [4.69, 9.17) is 0 Å². The molecule has 0 aromatic carbocycles. The van der Waals surface area contributed by atoms with Gasteiger partial charge >= 0.3 is 0 Å². The van der Waals surface area contributed by atoms with Gasteiger partial charge in [-0.3, -0.25) is 9.59 Å². The standard InChI is InChI=1S/C13H24N2O3/c1-8(2)11(7-16)14-13(18)10-5-12(17)15(6-10)9(3)4/h8-11,16H,5-7H2,1-4H3,(H,14,18)/t10?,11-/m1/s1. The SMILES string of the molecule is CC(C)[C@@H](CO)NC(=O)C1CC(=O)N(C(C)C)C1. The molecule has 0 radical (unpaired) electrons. The van der Waals surface area contributed by atoms with E-state index in [1.807, 2.05) is 27.7 Å². The van der Waals surface area contributed by atoms with E-state index in [0.717, 1.165) is 0 Å². The highest BCUT2D eigenvalue weighted by molar-refractivity contribution is 5.89. The summed E-state index contributed by atoms with van der Waals surface area (Å²) in [4.78, 5) is 25.5. The van der Waals surface area contributed by atoms with Gasteiger partial charge in [0.2, 0.25) is 11.8 Å². The molecule has 1 heterocycles. The number of carbonyl (C=O) groups excluding carboxylic acids is 2. The zero-order chi connectivity index (χ0) is 13.9. The first-order valence-corrected chi connectivity index (χ1v) is 6.57. The van der Waals surface area contributed by atoms with E-state index in [0.29, 0.717) is 6.54 Å². The molecule has 2 amide bonds. The summed E-state index contributed by atoms with van der Waals surface area (Å²) in [6.07, 6.45) is 0.278. The van der Waals surface area contributed by atoms with E-state index in [1.165, 1.54) is 0 Å². The number of nitrogens with zero attached hydrogens (tertiary/aromatic N) is 1. The maximum atomic E-state index is 12.0. The summed E-state index contributed by atoms with van der Waals surface area (Å²) in [6.45, 7) is 8.20. The Hall–Kier alpha value is -1.10. The number of likely N-dealkylation sites (tertiary alicyclic amines) is 1. The van der Waals surface area contributed by atoms with Crippen molar-refractivity contribution in [3.05, 3.63) is 0 Å². The predicted molar refractivity (Wildman–Crippen MR) is 68.8 cm³/mol. The van der Waals surface area contributed by atoms with E-state index in [2.05, 4.69) is 5.32 Å². The molecule has 0 aliphatic carbocycles. The Morgan fingerprint density at radius 2 is 2.06 bits per heavy atom. The van der Waals surface area contributed by atoms with Crippen molar-refractivity contribution in [1.29, 1.82) is 0 Å². The first kappa shape index (κ1) is 15.0. The van der Waals surface area contributed by atoms with Crippen LogP contribution in [0, 0.1) is 11.8 Å². The molecule has 1 saturated heterocycles. The van der Waals surface area contributed by atoms with Crippen molar-refractivity contribution < 1.29 is 14.7 Å². The molecule has 1 fully saturated rings. The Kier molecular flexibility index (Phi) is 5.14. The number of carbonyl (C=O) groups is 2. The fourth-order valence-corrected chi connectivity index (χ4v) is 2.13. The molecule has 2 atom stereocenters. The van der Waals surface area contributed by atoms with Gasteiger partial charge < -0.3 is 15.3 Å². The molecular formula is C13H24N2O3. The Labute approximate surface area is 109 Å². The molecular weight excluding hydrogens is 232 g/mol. The van der Waals surface area contributed by atoms with Crippen molar-refractivity contribution in [1.82, 2.24) is 10.2 Å². The molecule has 0 spiro atoms. The summed E-state index contributed by atoms with van der Waals surface area (Å²) in [5, 5.41) is 12.0. The van der Waals surface area contributed by atoms with Crippen LogP contribution in [-0.4, -0.2) is 47.1 Å². The van der Waals surface area contributed by atoms with E-state index in [1.54, 1.807) is 4.90 Å². The quantitative estimate of drug-likeness (QED) is 0.747. The summed E-state index contributed by atoms with van der Waals surface area (Å²) in [6, 6.07) is -0.102. The largest absolute Gasteiger partial charge is 0.394 e. The number of rotatable bonds is 5. The molecule has 1 rings (SSSR count). The molecule has 5 heteroatoms. The normalized spacial score (nSPS) is 21.8. The number of aliphatic hydroxyl groups is 1. The minimum Gasteiger partial charge on any atom is -0.394 e. The fourth-order valence-electron chi connectivity index (χ4n) is 2.13. The van der Waals surface area contributed by atoms with Gasteiger partial charge in [0.15, 0.2) is 0 Å². The molecule has 104 valence electrons. The number of hydrogen-bond donors (Lipinski definition) is 2. The Bertz CT molecular complexity index is 315. The van der Waals surface area contributed by atoms with Crippen LogP contribution < -0.4 is 5.32 Å². The first-order chi connectivity index (χ1) is 8.36. The van der Waals surface area contributed by atoms with Gasteiger partial charge in [-0.1, -0.05) is 13.8 Å². The van der Waals surface area contributed by atoms with Gasteiger partial charge in [0.1, 0.15) is 0 Å². The van der Waals surface area contributed by atoms with Crippen LogP contribution in [0.1, 0.15) is 34.1 Å². The monoisotopic (exact) mass is 256 g/mol. The van der Waals surface area contributed by atoms with Crippen LogP contribution in [0.2, 0.25) is 0 Å². The van der Waals surface area contributed by atoms with Crippen LogP contribution in [0.15, 0.2) is 0 Å². The number of aliphatic hydroxyl groups excluding tert-OH is 1. The first-order valence-electron chi connectivity index (χ1n) is 6.57. The van der Waals surface area contributed by atoms with Crippen molar-refractivity contribution in [3.8, 4) is 0 Å². The van der Waals surface area contributed by atoms with Crippen LogP contribution in [-0.2, 0) is 9.59 Å². The Morgan fingerprint density at radius 1 is 1.44 bits per heavy atom. The van der Waals surface area contributed by atoms with Crippen LogP contribution in [0.25, 0.3) is 0 Å². The maximum Gasteiger partial charge on any atom is 0.225 e. The number of nitrogens with one attached hydrogen (secondary N) is 1. The average Bonchev–Trinajstić information content (AvgIpc) is 2.67. The second kappa shape index (κ2) is 6.18. The minimum atomic E-state index is -0.285. The van der Waals surface area contributed by atoms with Gasteiger partial charge in [-0.25, -0.2) is 0 Å². The van der Waals surface area contributed by atoms with E-state index >= 15 is 0 Å². The van der Waals surface area contributed by atoms with Crippen LogP contribution in [0.4, 0.5) is 0 Å². The second-order valence-electron chi connectivity index (χ2n) is 5.58. The van der Waals surface area contributed by atoms with Crippen LogP contribution >= 0.6 is 0 Å². The molecule has 1 aliphatic rings. The molecule has 18 heavy (non-hydrogen) atoms. The van der Waals surface area contributed by atoms with Crippen molar-refractivity contribution in [2.24, 2.45) is 11.8 Å². The highest BCUT2D eigenvalue weighted by Gasteiger charge is 2.36. The lowest BCUT2D eigenvalue weighted by Gasteiger charge is -2.23. The number of amides is 2. The van der Waals surface area contributed by atoms with Gasteiger partial charge in [-0.15, -0.1) is 0 Å². The summed E-state index contributed by atoms with van der Waals surface area (Å²) < 4.78 is 0. The van der Waals surface area contributed by atoms with Crippen molar-refractivity contribution >= 4 is 11.8 Å². The molecule has 0 aromatic rings. The summed E-state index contributed by atoms with van der Waals surface area (Å²) in [5.74, 6) is -0.195. The molecule has 1 aliphatic heterocycles. The van der Waals surface area contributed by atoms with Gasteiger partial charge in [0.25, 0.3) is 0 Å². The van der Waals surface area contributed by atoms with Gasteiger partial charge in [0, 0.05) is 19.0 Å². The smallest absolute Gasteiger partial charge is 0.225 e. The number of hydrogen-bond acceptors (Lipinski definition) is 3. The highest BCUT2D eigenvalue weighted by atomic mass is 16.3. The zero-order valence-electron chi connectivity index (χ0n) is 11.6. The van der Waals surface area contributed by atoms with Gasteiger partial charge in [-0.2, -0.15) is 0 Å². The third-order valence-corrected chi connectivity index (χ3v) is 3.48. The maximum absolute atomic E-state index is 12.0. The van der Waals surface area contributed by atoms with Gasteiger partial charge in [0.05, 0.1) is 18.6 Å². The lowest BCUT2D eigenvalue weighted by molar-refractivity contribution is -0.130. The molecule has 5 nitrogen and oxygen atoms in total. The molecule has 0 aromatic heterocycles. The van der Waals surface area contributed by atoms with Gasteiger partial charge in [-0.05, 0) is 19.8 Å². The molecule has 0 bridgehead atoms. The van der Waals surface area contributed by atoms with Crippen molar-refractivity contribution in [2.45, 2.75) is 46.2 Å².